The van der Waals surface area contributed by atoms with Gasteiger partial charge in [0, 0.05) is 32.0 Å². The maximum atomic E-state index is 13.0. The van der Waals surface area contributed by atoms with Gasteiger partial charge in [-0.3, -0.25) is 4.79 Å². The van der Waals surface area contributed by atoms with Crippen LogP contribution < -0.4 is 5.73 Å². The van der Waals surface area contributed by atoms with E-state index in [0.29, 0.717) is 41.0 Å². The second-order valence-corrected chi connectivity index (χ2v) is 6.82. The highest BCUT2D eigenvalue weighted by atomic mass is 35.5. The highest BCUT2D eigenvalue weighted by molar-refractivity contribution is 7.17. The van der Waals surface area contributed by atoms with Gasteiger partial charge in [0.25, 0.3) is 5.91 Å². The molecule has 0 bridgehead atoms. The fourth-order valence-electron chi connectivity index (χ4n) is 2.62. The molecule has 27 heavy (non-hydrogen) atoms. The number of nitrogens with zero attached hydrogens (tertiary/aromatic N) is 4. The molecule has 8 heteroatoms. The maximum absolute atomic E-state index is 13.0. The summed E-state index contributed by atoms with van der Waals surface area (Å²) >= 11 is 1.33. The van der Waals surface area contributed by atoms with Gasteiger partial charge in [-0.05, 0) is 25.0 Å². The molecule has 0 fully saturated rings. The van der Waals surface area contributed by atoms with E-state index in [1.54, 1.807) is 23.4 Å². The second kappa shape index (κ2) is 10.1. The van der Waals surface area contributed by atoms with Gasteiger partial charge in [0.1, 0.15) is 4.88 Å². The number of thiazole rings is 1. The van der Waals surface area contributed by atoms with Gasteiger partial charge in [-0.25, -0.2) is 15.0 Å². The van der Waals surface area contributed by atoms with E-state index < -0.39 is 0 Å². The lowest BCUT2D eigenvalue weighted by molar-refractivity contribution is 0.0766. The molecule has 0 radical (unpaired) electrons. The van der Waals surface area contributed by atoms with Gasteiger partial charge in [-0.1, -0.05) is 30.3 Å². The van der Waals surface area contributed by atoms with Crippen LogP contribution in [0.15, 0.2) is 48.8 Å². The van der Waals surface area contributed by atoms with Gasteiger partial charge in [0.05, 0.1) is 5.69 Å². The van der Waals surface area contributed by atoms with Crippen molar-refractivity contribution in [3.63, 3.8) is 0 Å². The van der Waals surface area contributed by atoms with Crippen molar-refractivity contribution in [3.05, 3.63) is 64.9 Å². The van der Waals surface area contributed by atoms with Crippen LogP contribution in [0.5, 0.6) is 0 Å². The second-order valence-electron chi connectivity index (χ2n) is 5.82. The molecule has 1 amide bonds. The molecule has 0 spiro atoms. The number of aromatic nitrogens is 3. The van der Waals surface area contributed by atoms with Crippen LogP contribution in [0.2, 0.25) is 0 Å². The lowest BCUT2D eigenvalue weighted by Gasteiger charge is -2.21. The van der Waals surface area contributed by atoms with E-state index in [1.807, 2.05) is 25.1 Å². The van der Waals surface area contributed by atoms with Crippen LogP contribution in [0.1, 0.15) is 20.9 Å². The number of aryl methyl sites for hydroxylation is 1. The first-order valence-electron chi connectivity index (χ1n) is 8.47. The molecule has 142 valence electrons. The summed E-state index contributed by atoms with van der Waals surface area (Å²) in [6.07, 6.45) is 4.13. The summed E-state index contributed by atoms with van der Waals surface area (Å²) in [5.41, 5.74) is 7.62. The van der Waals surface area contributed by atoms with E-state index in [9.17, 15) is 4.79 Å². The van der Waals surface area contributed by atoms with E-state index in [0.717, 1.165) is 6.42 Å². The van der Waals surface area contributed by atoms with Crippen LogP contribution in [0, 0.1) is 6.92 Å². The molecule has 3 aromatic rings. The minimum atomic E-state index is -0.0384. The Balaban J connectivity index is 0.00000261. The summed E-state index contributed by atoms with van der Waals surface area (Å²) in [5.74, 6) is 0.498. The minimum Gasteiger partial charge on any atom is -0.336 e. The van der Waals surface area contributed by atoms with Crippen LogP contribution in [0.3, 0.4) is 0 Å². The summed E-state index contributed by atoms with van der Waals surface area (Å²) in [4.78, 5) is 28.3. The number of carbonyl (C=O) groups excluding carboxylic acids is 1. The van der Waals surface area contributed by atoms with Crippen molar-refractivity contribution in [2.24, 2.45) is 5.73 Å². The van der Waals surface area contributed by atoms with Gasteiger partial charge in [0.2, 0.25) is 0 Å². The van der Waals surface area contributed by atoms with E-state index in [2.05, 4.69) is 27.1 Å². The van der Waals surface area contributed by atoms with Crippen LogP contribution in [0.4, 0.5) is 0 Å². The first kappa shape index (κ1) is 21.0. The monoisotopic (exact) mass is 403 g/mol. The Morgan fingerprint density at radius 3 is 2.48 bits per heavy atom. The molecule has 0 saturated heterocycles. The van der Waals surface area contributed by atoms with E-state index in [4.69, 9.17) is 5.73 Å². The number of rotatable bonds is 7. The van der Waals surface area contributed by atoms with Crippen molar-refractivity contribution < 1.29 is 4.79 Å². The molecule has 6 nitrogen and oxygen atoms in total. The standard InChI is InChI=1S/C19H21N5OS.ClH/c1-14-16(26-18(23-14)17-21-10-5-11-22-17)19(25)24(13-9-20)12-8-15-6-3-2-4-7-15;/h2-7,10-11H,8-9,12-13,20H2,1H3;1H. The fraction of sp³-hybridized carbons (Fsp3) is 0.263. The molecule has 0 unspecified atom stereocenters. The SMILES string of the molecule is Cc1nc(-c2ncccn2)sc1C(=O)N(CCN)CCc1ccccc1.Cl. The zero-order valence-electron chi connectivity index (χ0n) is 15.0. The Morgan fingerprint density at radius 2 is 1.81 bits per heavy atom. The molecular formula is C19H22ClN5OS. The maximum Gasteiger partial charge on any atom is 0.265 e. The van der Waals surface area contributed by atoms with E-state index >= 15 is 0 Å². The molecule has 2 heterocycles. The number of hydrogen-bond acceptors (Lipinski definition) is 6. The highest BCUT2D eigenvalue weighted by Gasteiger charge is 2.22. The third-order valence-corrected chi connectivity index (χ3v) is 5.09. The molecule has 0 aliphatic rings. The molecule has 1 aromatic carbocycles. The molecular weight excluding hydrogens is 382 g/mol. The van der Waals surface area contributed by atoms with E-state index in [-0.39, 0.29) is 18.3 Å². The van der Waals surface area contributed by atoms with Gasteiger partial charge >= 0.3 is 0 Å². The Labute approximate surface area is 168 Å². The summed E-state index contributed by atoms with van der Waals surface area (Å²) in [6.45, 7) is 3.40. The average Bonchev–Trinajstić information content (AvgIpc) is 3.08. The Morgan fingerprint density at radius 1 is 1.11 bits per heavy atom. The van der Waals surface area contributed by atoms with Crippen molar-refractivity contribution in [1.29, 1.82) is 0 Å². The van der Waals surface area contributed by atoms with Crippen molar-refractivity contribution in [2.45, 2.75) is 13.3 Å². The predicted octanol–water partition coefficient (Wildman–Crippen LogP) is 2.97. The van der Waals surface area contributed by atoms with Gasteiger partial charge in [-0.2, -0.15) is 0 Å². The Hall–Kier alpha value is -2.35. The van der Waals surface area contributed by atoms with Crippen molar-refractivity contribution >= 4 is 29.7 Å². The summed E-state index contributed by atoms with van der Waals surface area (Å²) in [6, 6.07) is 11.9. The van der Waals surface area contributed by atoms with E-state index in [1.165, 1.54) is 16.9 Å². The zero-order valence-corrected chi connectivity index (χ0v) is 16.7. The van der Waals surface area contributed by atoms with Gasteiger partial charge in [-0.15, -0.1) is 23.7 Å². The molecule has 2 aromatic heterocycles. The fourth-order valence-corrected chi connectivity index (χ4v) is 3.61. The number of hydrogen-bond donors (Lipinski definition) is 1. The molecule has 3 rings (SSSR count). The normalized spacial score (nSPS) is 10.3. The lowest BCUT2D eigenvalue weighted by Crippen LogP contribution is -2.36. The summed E-state index contributed by atoms with van der Waals surface area (Å²) < 4.78 is 0. The quantitative estimate of drug-likeness (QED) is 0.655. The van der Waals surface area contributed by atoms with Gasteiger partial charge in [0.15, 0.2) is 10.8 Å². The molecule has 0 aliphatic carbocycles. The number of amides is 1. The number of benzene rings is 1. The van der Waals surface area contributed by atoms with Crippen LogP contribution >= 0.6 is 23.7 Å². The van der Waals surface area contributed by atoms with Crippen molar-refractivity contribution in [3.8, 4) is 10.8 Å². The smallest absolute Gasteiger partial charge is 0.265 e. The predicted molar refractivity (Wildman–Crippen MR) is 110 cm³/mol. The summed E-state index contributed by atoms with van der Waals surface area (Å²) in [7, 11) is 0. The van der Waals surface area contributed by atoms with Crippen molar-refractivity contribution in [2.75, 3.05) is 19.6 Å². The first-order chi connectivity index (χ1) is 12.7. The molecule has 0 atom stereocenters. The zero-order chi connectivity index (χ0) is 18.4. The average molecular weight is 404 g/mol. The van der Waals surface area contributed by atoms with Crippen LogP contribution in [-0.2, 0) is 6.42 Å². The lowest BCUT2D eigenvalue weighted by atomic mass is 10.1. The first-order valence-corrected chi connectivity index (χ1v) is 9.28. The van der Waals surface area contributed by atoms with Crippen LogP contribution in [0.25, 0.3) is 10.8 Å². The third kappa shape index (κ3) is 5.32. The third-order valence-electron chi connectivity index (χ3n) is 3.95. The number of halogens is 1. The highest BCUT2D eigenvalue weighted by Crippen LogP contribution is 2.26. The summed E-state index contributed by atoms with van der Waals surface area (Å²) in [5, 5.41) is 0.655. The largest absolute Gasteiger partial charge is 0.336 e. The molecule has 2 N–H and O–H groups in total. The Bertz CT molecular complexity index is 857. The topological polar surface area (TPSA) is 85.0 Å². The Kier molecular flexibility index (Phi) is 7.84. The van der Waals surface area contributed by atoms with Crippen LogP contribution in [-0.4, -0.2) is 45.4 Å². The number of carbonyl (C=O) groups is 1. The van der Waals surface area contributed by atoms with Crippen molar-refractivity contribution in [1.82, 2.24) is 19.9 Å². The molecule has 0 aliphatic heterocycles. The molecule has 0 saturated carbocycles. The number of nitrogens with two attached hydrogens (primary N) is 1. The minimum absolute atomic E-state index is 0. The van der Waals surface area contributed by atoms with Gasteiger partial charge < -0.3 is 10.6 Å².